The molecule has 17 heavy (non-hydrogen) atoms. The highest BCUT2D eigenvalue weighted by atomic mass is 16.4. The van der Waals surface area contributed by atoms with Crippen LogP contribution in [0.4, 0.5) is 4.79 Å². The van der Waals surface area contributed by atoms with Crippen molar-refractivity contribution in [1.82, 2.24) is 10.3 Å². The molecular formula is C13H14N2O2. The van der Waals surface area contributed by atoms with Crippen molar-refractivity contribution in [2.45, 2.75) is 12.8 Å². The van der Waals surface area contributed by atoms with Gasteiger partial charge in [0.15, 0.2) is 0 Å². The molecule has 0 saturated heterocycles. The second-order valence-corrected chi connectivity index (χ2v) is 3.86. The van der Waals surface area contributed by atoms with Crippen LogP contribution in [0.3, 0.4) is 0 Å². The highest BCUT2D eigenvalue weighted by Gasteiger charge is 2.01. The van der Waals surface area contributed by atoms with Gasteiger partial charge in [-0.1, -0.05) is 24.3 Å². The zero-order valence-corrected chi connectivity index (χ0v) is 9.39. The molecule has 2 N–H and O–H groups in total. The zero-order valence-electron chi connectivity index (χ0n) is 9.39. The lowest BCUT2D eigenvalue weighted by Crippen LogP contribution is -2.22. The predicted molar refractivity (Wildman–Crippen MR) is 66.1 cm³/mol. The number of fused-ring (bicyclic) bond motifs is 1. The average molecular weight is 230 g/mol. The molecule has 0 fully saturated rings. The molecule has 88 valence electrons. The first-order valence-corrected chi connectivity index (χ1v) is 5.56. The second kappa shape index (κ2) is 5.30. The summed E-state index contributed by atoms with van der Waals surface area (Å²) in [6, 6.07) is 8.08. The average Bonchev–Trinajstić information content (AvgIpc) is 2.34. The van der Waals surface area contributed by atoms with Crippen LogP contribution in [0, 0.1) is 0 Å². The van der Waals surface area contributed by atoms with Crippen LogP contribution in [-0.4, -0.2) is 22.7 Å². The number of nitrogens with one attached hydrogen (secondary N) is 1. The normalized spacial score (nSPS) is 10.4. The molecule has 2 rings (SSSR count). The van der Waals surface area contributed by atoms with Crippen LogP contribution in [0.25, 0.3) is 10.8 Å². The van der Waals surface area contributed by atoms with Crippen molar-refractivity contribution in [2.24, 2.45) is 0 Å². The van der Waals surface area contributed by atoms with E-state index in [1.54, 1.807) is 0 Å². The van der Waals surface area contributed by atoms with Gasteiger partial charge >= 0.3 is 6.09 Å². The van der Waals surface area contributed by atoms with Gasteiger partial charge in [0.05, 0.1) is 0 Å². The number of amides is 1. The predicted octanol–water partition coefficient (Wildman–Crippen LogP) is 2.44. The van der Waals surface area contributed by atoms with E-state index in [1.807, 2.05) is 30.6 Å². The molecule has 1 amide bonds. The Hall–Kier alpha value is -2.10. The molecule has 1 aromatic heterocycles. The molecule has 0 aliphatic rings. The maximum absolute atomic E-state index is 10.3. The van der Waals surface area contributed by atoms with E-state index >= 15 is 0 Å². The van der Waals surface area contributed by atoms with Gasteiger partial charge in [0.2, 0.25) is 0 Å². The topological polar surface area (TPSA) is 62.2 Å². The fourth-order valence-electron chi connectivity index (χ4n) is 1.85. The molecule has 4 heteroatoms. The second-order valence-electron chi connectivity index (χ2n) is 3.86. The number of aryl methyl sites for hydroxylation is 1. The van der Waals surface area contributed by atoms with Crippen molar-refractivity contribution >= 4 is 16.9 Å². The van der Waals surface area contributed by atoms with Crippen LogP contribution >= 0.6 is 0 Å². The Labute approximate surface area is 99.3 Å². The van der Waals surface area contributed by atoms with Gasteiger partial charge in [-0.05, 0) is 23.8 Å². The fraction of sp³-hybridized carbons (Fsp3) is 0.231. The lowest BCUT2D eigenvalue weighted by atomic mass is 10.0. The Morgan fingerprint density at radius 1 is 1.29 bits per heavy atom. The summed E-state index contributed by atoms with van der Waals surface area (Å²) in [5.41, 5.74) is 1.16. The number of nitrogens with zero attached hydrogens (tertiary/aromatic N) is 1. The van der Waals surface area contributed by atoms with Gasteiger partial charge in [0.1, 0.15) is 0 Å². The number of carboxylic acid groups (broad SMARTS) is 1. The van der Waals surface area contributed by atoms with Crippen molar-refractivity contribution in [2.75, 3.05) is 6.54 Å². The highest BCUT2D eigenvalue weighted by molar-refractivity contribution is 5.84. The minimum atomic E-state index is -0.971. The number of pyridine rings is 1. The molecular weight excluding hydrogens is 216 g/mol. The molecule has 0 spiro atoms. The van der Waals surface area contributed by atoms with Crippen LogP contribution < -0.4 is 5.32 Å². The Balaban J connectivity index is 2.05. The molecule has 0 atom stereocenters. The van der Waals surface area contributed by atoms with E-state index in [-0.39, 0.29) is 0 Å². The van der Waals surface area contributed by atoms with Crippen molar-refractivity contribution in [3.05, 3.63) is 42.2 Å². The first-order chi connectivity index (χ1) is 8.27. The van der Waals surface area contributed by atoms with E-state index in [2.05, 4.69) is 16.4 Å². The first kappa shape index (κ1) is 11.4. The highest BCUT2D eigenvalue weighted by Crippen LogP contribution is 2.17. The van der Waals surface area contributed by atoms with Crippen molar-refractivity contribution in [1.29, 1.82) is 0 Å². The maximum atomic E-state index is 10.3. The van der Waals surface area contributed by atoms with E-state index in [4.69, 9.17) is 5.11 Å². The molecule has 0 unspecified atom stereocenters. The lowest BCUT2D eigenvalue weighted by molar-refractivity contribution is 0.194. The van der Waals surface area contributed by atoms with E-state index in [0.29, 0.717) is 6.54 Å². The lowest BCUT2D eigenvalue weighted by Gasteiger charge is -2.05. The Kier molecular flexibility index (Phi) is 3.55. The van der Waals surface area contributed by atoms with Crippen molar-refractivity contribution in [3.63, 3.8) is 0 Å². The number of aromatic nitrogens is 1. The summed E-state index contributed by atoms with van der Waals surface area (Å²) in [6.07, 6.45) is 4.33. The Morgan fingerprint density at radius 3 is 2.94 bits per heavy atom. The van der Waals surface area contributed by atoms with E-state index in [1.165, 1.54) is 5.39 Å². The first-order valence-electron chi connectivity index (χ1n) is 5.56. The third-order valence-electron chi connectivity index (χ3n) is 2.65. The van der Waals surface area contributed by atoms with Gasteiger partial charge in [-0.3, -0.25) is 4.98 Å². The molecule has 0 aliphatic heterocycles. The molecule has 1 heterocycles. The summed E-state index contributed by atoms with van der Waals surface area (Å²) in [5.74, 6) is 0. The summed E-state index contributed by atoms with van der Waals surface area (Å²) in [6.45, 7) is 0.471. The monoisotopic (exact) mass is 230 g/mol. The smallest absolute Gasteiger partial charge is 0.404 e. The van der Waals surface area contributed by atoms with Gasteiger partial charge in [-0.25, -0.2) is 4.79 Å². The summed E-state index contributed by atoms with van der Waals surface area (Å²) in [4.78, 5) is 14.5. The minimum Gasteiger partial charge on any atom is -0.465 e. The van der Waals surface area contributed by atoms with Gasteiger partial charge in [-0.2, -0.15) is 0 Å². The number of hydrogen-bond acceptors (Lipinski definition) is 2. The third-order valence-corrected chi connectivity index (χ3v) is 2.65. The summed E-state index contributed by atoms with van der Waals surface area (Å²) in [7, 11) is 0. The summed E-state index contributed by atoms with van der Waals surface area (Å²) in [5, 5.41) is 13.1. The summed E-state index contributed by atoms with van der Waals surface area (Å²) < 4.78 is 0. The van der Waals surface area contributed by atoms with Crippen molar-refractivity contribution in [3.8, 4) is 0 Å². The van der Waals surface area contributed by atoms with Crippen molar-refractivity contribution < 1.29 is 9.90 Å². The standard InChI is InChI=1S/C13H14N2O2/c16-13(17)15-7-3-5-11-9-14-8-10-4-1-2-6-12(10)11/h1-2,4,6,8-9,15H,3,5,7H2,(H,16,17). The third kappa shape index (κ3) is 2.93. The Bertz CT molecular complexity index is 520. The van der Waals surface area contributed by atoms with Gasteiger partial charge < -0.3 is 10.4 Å². The number of rotatable bonds is 4. The largest absolute Gasteiger partial charge is 0.465 e. The number of benzene rings is 1. The van der Waals surface area contributed by atoms with Crippen LogP contribution in [-0.2, 0) is 6.42 Å². The number of carbonyl (C=O) groups is 1. The van der Waals surface area contributed by atoms with E-state index < -0.39 is 6.09 Å². The zero-order chi connectivity index (χ0) is 12.1. The van der Waals surface area contributed by atoms with Crippen LogP contribution in [0.5, 0.6) is 0 Å². The van der Waals surface area contributed by atoms with E-state index in [0.717, 1.165) is 23.8 Å². The van der Waals surface area contributed by atoms with Gasteiger partial charge in [0, 0.05) is 24.3 Å². The fourth-order valence-corrected chi connectivity index (χ4v) is 1.85. The van der Waals surface area contributed by atoms with Crippen LogP contribution in [0.1, 0.15) is 12.0 Å². The van der Waals surface area contributed by atoms with Crippen LogP contribution in [0.15, 0.2) is 36.7 Å². The quantitative estimate of drug-likeness (QED) is 0.793. The van der Waals surface area contributed by atoms with Crippen LogP contribution in [0.2, 0.25) is 0 Å². The number of hydrogen-bond donors (Lipinski definition) is 2. The minimum absolute atomic E-state index is 0.471. The molecule has 0 bridgehead atoms. The van der Waals surface area contributed by atoms with Gasteiger partial charge in [0.25, 0.3) is 0 Å². The summed E-state index contributed by atoms with van der Waals surface area (Å²) >= 11 is 0. The molecule has 1 aromatic carbocycles. The Morgan fingerprint density at radius 2 is 2.12 bits per heavy atom. The van der Waals surface area contributed by atoms with E-state index in [9.17, 15) is 4.79 Å². The molecule has 2 aromatic rings. The van der Waals surface area contributed by atoms with Gasteiger partial charge in [-0.15, -0.1) is 0 Å². The molecule has 0 saturated carbocycles. The molecule has 0 aliphatic carbocycles. The molecule has 0 radical (unpaired) electrons. The SMILES string of the molecule is O=C(O)NCCCc1cncc2ccccc12. The maximum Gasteiger partial charge on any atom is 0.404 e. The molecule has 4 nitrogen and oxygen atoms in total.